The molecule has 2 aromatic rings. The minimum atomic E-state index is -0.532. The van der Waals surface area contributed by atoms with Crippen molar-refractivity contribution in [3.8, 4) is 0 Å². The molecule has 23 heavy (non-hydrogen) atoms. The lowest BCUT2D eigenvalue weighted by Crippen LogP contribution is -2.27. The van der Waals surface area contributed by atoms with Crippen LogP contribution < -0.4 is 10.6 Å². The third kappa shape index (κ3) is 4.92. The van der Waals surface area contributed by atoms with Crippen LogP contribution in [0.4, 0.5) is 11.4 Å². The average Bonchev–Trinajstić information content (AvgIpc) is 2.55. The number of carbonyl (C=O) groups is 2. The molecular weight excluding hydrogens is 298 g/mol. The Bertz CT molecular complexity index is 699. The van der Waals surface area contributed by atoms with Crippen LogP contribution in [0.2, 0.25) is 0 Å². The van der Waals surface area contributed by atoms with Crippen molar-refractivity contribution in [2.45, 2.75) is 6.42 Å². The Balaban J connectivity index is 1.78. The number of nitrogens with zero attached hydrogens (tertiary/aromatic N) is 1. The summed E-state index contributed by atoms with van der Waals surface area (Å²) in [7, 11) is 0. The third-order valence-corrected chi connectivity index (χ3v) is 3.04. The molecule has 0 fully saturated rings. The quantitative estimate of drug-likeness (QED) is 0.631. The molecule has 0 saturated heterocycles. The number of amides is 2. The van der Waals surface area contributed by atoms with Gasteiger partial charge in [-0.1, -0.05) is 18.2 Å². The monoisotopic (exact) mass is 313 g/mol. The minimum absolute atomic E-state index is 0.0798. The van der Waals surface area contributed by atoms with Crippen molar-refractivity contribution in [1.29, 1.82) is 0 Å². The highest BCUT2D eigenvalue weighted by molar-refractivity contribution is 5.95. The Morgan fingerprint density at radius 1 is 1.00 bits per heavy atom. The zero-order valence-electron chi connectivity index (χ0n) is 12.2. The summed E-state index contributed by atoms with van der Waals surface area (Å²) >= 11 is 0. The van der Waals surface area contributed by atoms with Gasteiger partial charge in [0.15, 0.2) is 0 Å². The smallest absolute Gasteiger partial charge is 0.269 e. The Kier molecular flexibility index (Phi) is 5.40. The second kappa shape index (κ2) is 7.69. The number of benzene rings is 2. The molecule has 0 aliphatic carbocycles. The molecule has 0 aliphatic rings. The van der Waals surface area contributed by atoms with E-state index in [4.69, 9.17) is 0 Å². The summed E-state index contributed by atoms with van der Waals surface area (Å²) in [5, 5.41) is 15.8. The molecule has 2 N–H and O–H groups in total. The second-order valence-electron chi connectivity index (χ2n) is 4.72. The molecule has 0 radical (unpaired) electrons. The number of rotatable bonds is 6. The van der Waals surface area contributed by atoms with Crippen LogP contribution in [0.15, 0.2) is 54.6 Å². The molecule has 0 unspecified atom stereocenters. The first kappa shape index (κ1) is 16.2. The van der Waals surface area contributed by atoms with Gasteiger partial charge in [0, 0.05) is 36.3 Å². The maximum absolute atomic E-state index is 11.9. The standard InChI is InChI=1S/C16H15N3O4/c20-15(18-13-4-2-1-3-5-13)10-11-17-16(21)12-6-8-14(9-7-12)19(22)23/h1-9H,10-11H2,(H,17,21)(H,18,20). The molecule has 7 heteroatoms. The van der Waals surface area contributed by atoms with Gasteiger partial charge in [-0.2, -0.15) is 0 Å². The fraction of sp³-hybridized carbons (Fsp3) is 0.125. The van der Waals surface area contributed by atoms with Crippen LogP contribution in [0, 0.1) is 10.1 Å². The first-order valence-corrected chi connectivity index (χ1v) is 6.94. The second-order valence-corrected chi connectivity index (χ2v) is 4.72. The van der Waals surface area contributed by atoms with Crippen LogP contribution in [0.25, 0.3) is 0 Å². The zero-order chi connectivity index (χ0) is 16.7. The van der Waals surface area contributed by atoms with E-state index in [1.165, 1.54) is 24.3 Å². The van der Waals surface area contributed by atoms with E-state index < -0.39 is 4.92 Å². The fourth-order valence-corrected chi connectivity index (χ4v) is 1.87. The average molecular weight is 313 g/mol. The lowest BCUT2D eigenvalue weighted by molar-refractivity contribution is -0.384. The zero-order valence-corrected chi connectivity index (χ0v) is 12.2. The summed E-state index contributed by atoms with van der Waals surface area (Å²) < 4.78 is 0. The van der Waals surface area contributed by atoms with Crippen molar-refractivity contribution in [1.82, 2.24) is 5.32 Å². The number of hydrogen-bond donors (Lipinski definition) is 2. The van der Waals surface area contributed by atoms with Gasteiger partial charge in [0.1, 0.15) is 0 Å². The van der Waals surface area contributed by atoms with Crippen molar-refractivity contribution in [2.24, 2.45) is 0 Å². The highest BCUT2D eigenvalue weighted by Gasteiger charge is 2.09. The molecule has 7 nitrogen and oxygen atoms in total. The Morgan fingerprint density at radius 2 is 1.65 bits per heavy atom. The molecular formula is C16H15N3O4. The van der Waals surface area contributed by atoms with Gasteiger partial charge in [-0.25, -0.2) is 0 Å². The fourth-order valence-electron chi connectivity index (χ4n) is 1.87. The van der Waals surface area contributed by atoms with Gasteiger partial charge in [0.05, 0.1) is 4.92 Å². The summed E-state index contributed by atoms with van der Waals surface area (Å²) in [4.78, 5) is 33.6. The molecule has 2 aromatic carbocycles. The van der Waals surface area contributed by atoms with Crippen LogP contribution in [0.5, 0.6) is 0 Å². The highest BCUT2D eigenvalue weighted by Crippen LogP contribution is 2.11. The summed E-state index contributed by atoms with van der Waals surface area (Å²) in [6, 6.07) is 14.3. The molecule has 2 rings (SSSR count). The predicted molar refractivity (Wildman–Crippen MR) is 85.1 cm³/mol. The molecule has 0 heterocycles. The van der Waals surface area contributed by atoms with Crippen LogP contribution in [0.3, 0.4) is 0 Å². The SMILES string of the molecule is O=C(CCNC(=O)c1ccc([N+](=O)[O-])cc1)Nc1ccccc1. The number of nitro benzene ring substituents is 1. The summed E-state index contributed by atoms with van der Waals surface area (Å²) in [6.07, 6.45) is 0.133. The van der Waals surface area contributed by atoms with Gasteiger partial charge in [-0.05, 0) is 24.3 Å². The van der Waals surface area contributed by atoms with Crippen LogP contribution >= 0.6 is 0 Å². The number of anilines is 1. The van der Waals surface area contributed by atoms with Gasteiger partial charge in [0.2, 0.25) is 5.91 Å². The van der Waals surface area contributed by atoms with Crippen molar-refractivity contribution in [3.63, 3.8) is 0 Å². The first-order valence-electron chi connectivity index (χ1n) is 6.94. The lowest BCUT2D eigenvalue weighted by atomic mass is 10.2. The molecule has 0 atom stereocenters. The van der Waals surface area contributed by atoms with Gasteiger partial charge in [-0.15, -0.1) is 0 Å². The maximum atomic E-state index is 11.9. The number of nitrogens with one attached hydrogen (secondary N) is 2. The topological polar surface area (TPSA) is 101 Å². The molecule has 0 spiro atoms. The Hall–Kier alpha value is -3.22. The van der Waals surface area contributed by atoms with E-state index in [0.29, 0.717) is 11.3 Å². The van der Waals surface area contributed by atoms with E-state index in [1.807, 2.05) is 18.2 Å². The Morgan fingerprint density at radius 3 is 2.26 bits per heavy atom. The van der Waals surface area contributed by atoms with Gasteiger partial charge >= 0.3 is 0 Å². The highest BCUT2D eigenvalue weighted by atomic mass is 16.6. The number of carbonyl (C=O) groups excluding carboxylic acids is 2. The van der Waals surface area contributed by atoms with E-state index in [9.17, 15) is 19.7 Å². The van der Waals surface area contributed by atoms with E-state index in [1.54, 1.807) is 12.1 Å². The molecule has 0 bridgehead atoms. The van der Waals surface area contributed by atoms with Crippen molar-refractivity contribution in [2.75, 3.05) is 11.9 Å². The van der Waals surface area contributed by atoms with Crippen LogP contribution in [-0.4, -0.2) is 23.3 Å². The molecule has 118 valence electrons. The number of hydrogen-bond acceptors (Lipinski definition) is 4. The van der Waals surface area contributed by atoms with Crippen molar-refractivity contribution < 1.29 is 14.5 Å². The van der Waals surface area contributed by atoms with Crippen LogP contribution in [-0.2, 0) is 4.79 Å². The molecule has 0 saturated carbocycles. The summed E-state index contributed by atoms with van der Waals surface area (Å²) in [5.41, 5.74) is 0.919. The molecule has 0 aromatic heterocycles. The predicted octanol–water partition coefficient (Wildman–Crippen LogP) is 2.35. The van der Waals surface area contributed by atoms with Gasteiger partial charge < -0.3 is 10.6 Å². The Labute approximate surface area is 132 Å². The maximum Gasteiger partial charge on any atom is 0.269 e. The van der Waals surface area contributed by atoms with E-state index >= 15 is 0 Å². The number of para-hydroxylation sites is 1. The third-order valence-electron chi connectivity index (χ3n) is 3.04. The van der Waals surface area contributed by atoms with Gasteiger partial charge in [-0.3, -0.25) is 19.7 Å². The van der Waals surface area contributed by atoms with E-state index in [2.05, 4.69) is 10.6 Å². The molecule has 2 amide bonds. The number of nitro groups is 1. The largest absolute Gasteiger partial charge is 0.352 e. The first-order chi connectivity index (χ1) is 11.1. The summed E-state index contributed by atoms with van der Waals surface area (Å²) in [5.74, 6) is -0.590. The van der Waals surface area contributed by atoms with Crippen molar-refractivity contribution in [3.05, 3.63) is 70.3 Å². The summed E-state index contributed by atoms with van der Waals surface area (Å²) in [6.45, 7) is 0.175. The van der Waals surface area contributed by atoms with E-state index in [0.717, 1.165) is 0 Å². The lowest BCUT2D eigenvalue weighted by Gasteiger charge is -2.06. The van der Waals surface area contributed by atoms with E-state index in [-0.39, 0.29) is 30.5 Å². The van der Waals surface area contributed by atoms with Gasteiger partial charge in [0.25, 0.3) is 11.6 Å². The molecule has 0 aliphatic heterocycles. The minimum Gasteiger partial charge on any atom is -0.352 e. The van der Waals surface area contributed by atoms with Crippen molar-refractivity contribution >= 4 is 23.2 Å². The normalized spacial score (nSPS) is 9.91. The van der Waals surface area contributed by atoms with Crippen LogP contribution in [0.1, 0.15) is 16.8 Å². The number of non-ortho nitro benzene ring substituents is 1.